The van der Waals surface area contributed by atoms with Crippen molar-refractivity contribution >= 4 is 21.5 Å². The molecule has 0 radical (unpaired) electrons. The fourth-order valence-electron chi connectivity index (χ4n) is 7.42. The van der Waals surface area contributed by atoms with E-state index in [1.165, 1.54) is 88.3 Å². The maximum Gasteiger partial charge on any atom is -0.000740 e. The Labute approximate surface area is 257 Å². The molecule has 8 aromatic carbocycles. The largest absolute Gasteiger partial charge is 0.0622 e. The van der Waals surface area contributed by atoms with Crippen LogP contribution in [0, 0.1) is 0 Å². The number of rotatable bonds is 4. The van der Waals surface area contributed by atoms with Gasteiger partial charge in [-0.3, -0.25) is 0 Å². The molecule has 0 nitrogen and oxygen atoms in total. The second-order valence-corrected chi connectivity index (χ2v) is 11.6. The first-order valence-corrected chi connectivity index (χ1v) is 15.3. The number of hydrogen-bond acceptors (Lipinski definition) is 0. The topological polar surface area (TPSA) is 0 Å². The lowest BCUT2D eigenvalue weighted by atomic mass is 9.82. The summed E-state index contributed by atoms with van der Waals surface area (Å²) >= 11 is 0. The van der Waals surface area contributed by atoms with Crippen molar-refractivity contribution in [2.24, 2.45) is 0 Å². The second kappa shape index (κ2) is 9.93. The highest BCUT2D eigenvalue weighted by molar-refractivity contribution is 6.30. The molecule has 0 amide bonds. The molecule has 9 rings (SSSR count). The molecule has 0 fully saturated rings. The van der Waals surface area contributed by atoms with Crippen molar-refractivity contribution in [3.63, 3.8) is 0 Å². The SMILES string of the molecule is c1ccc(-c2c3c(c(-c4ccccc4)c4ccccc24)-c2ccc(-c4ccccc4)c4c(-c5ccccc5)ccc-3c24)cc1. The van der Waals surface area contributed by atoms with Crippen LogP contribution >= 0.6 is 0 Å². The van der Waals surface area contributed by atoms with E-state index in [1.54, 1.807) is 0 Å². The highest BCUT2D eigenvalue weighted by Gasteiger charge is 2.32. The quantitative estimate of drug-likeness (QED) is 0.202. The average molecular weight is 557 g/mol. The molecule has 0 N–H and O–H groups in total. The first kappa shape index (κ1) is 24.8. The van der Waals surface area contributed by atoms with Crippen molar-refractivity contribution in [2.45, 2.75) is 0 Å². The normalized spacial score (nSPS) is 11.6. The summed E-state index contributed by atoms with van der Waals surface area (Å²) in [6, 6.07) is 62.0. The summed E-state index contributed by atoms with van der Waals surface area (Å²) in [4.78, 5) is 0. The Morgan fingerprint density at radius 3 is 0.886 bits per heavy atom. The van der Waals surface area contributed by atoms with E-state index < -0.39 is 0 Å². The summed E-state index contributed by atoms with van der Waals surface area (Å²) in [5.74, 6) is 0. The van der Waals surface area contributed by atoms with Crippen molar-refractivity contribution in [1.82, 2.24) is 0 Å². The van der Waals surface area contributed by atoms with Gasteiger partial charge in [0.15, 0.2) is 0 Å². The van der Waals surface area contributed by atoms with Gasteiger partial charge in [0, 0.05) is 0 Å². The van der Waals surface area contributed by atoms with E-state index in [0.717, 1.165) is 0 Å². The van der Waals surface area contributed by atoms with Crippen molar-refractivity contribution in [3.8, 4) is 66.8 Å². The Morgan fingerprint density at radius 2 is 0.500 bits per heavy atom. The molecule has 1 aliphatic carbocycles. The minimum Gasteiger partial charge on any atom is -0.0622 e. The lowest BCUT2D eigenvalue weighted by Crippen LogP contribution is -1.93. The van der Waals surface area contributed by atoms with E-state index in [2.05, 4.69) is 170 Å². The Balaban J connectivity index is 1.51. The third-order valence-electron chi connectivity index (χ3n) is 9.21. The monoisotopic (exact) mass is 556 g/mol. The van der Waals surface area contributed by atoms with Crippen LogP contribution in [-0.4, -0.2) is 0 Å². The molecule has 0 atom stereocenters. The van der Waals surface area contributed by atoms with Crippen LogP contribution in [0.1, 0.15) is 0 Å². The Morgan fingerprint density at radius 1 is 0.205 bits per heavy atom. The fourth-order valence-corrected chi connectivity index (χ4v) is 7.42. The molecular formula is C44H28. The van der Waals surface area contributed by atoms with Crippen LogP contribution < -0.4 is 0 Å². The highest BCUT2D eigenvalue weighted by atomic mass is 14.3. The Kier molecular flexibility index (Phi) is 5.61. The van der Waals surface area contributed by atoms with E-state index in [4.69, 9.17) is 0 Å². The molecule has 0 aliphatic heterocycles. The van der Waals surface area contributed by atoms with Crippen LogP contribution in [-0.2, 0) is 0 Å². The van der Waals surface area contributed by atoms with Gasteiger partial charge in [-0.25, -0.2) is 0 Å². The molecule has 8 aromatic rings. The third-order valence-corrected chi connectivity index (χ3v) is 9.21. The maximum atomic E-state index is 2.38. The van der Waals surface area contributed by atoms with Crippen LogP contribution in [0.3, 0.4) is 0 Å². The second-order valence-electron chi connectivity index (χ2n) is 11.6. The maximum absolute atomic E-state index is 2.38. The molecule has 204 valence electrons. The molecule has 0 heterocycles. The van der Waals surface area contributed by atoms with Gasteiger partial charge in [-0.15, -0.1) is 0 Å². The van der Waals surface area contributed by atoms with Gasteiger partial charge in [0.1, 0.15) is 0 Å². The summed E-state index contributed by atoms with van der Waals surface area (Å²) < 4.78 is 0. The zero-order valence-electron chi connectivity index (χ0n) is 24.2. The molecule has 44 heavy (non-hydrogen) atoms. The van der Waals surface area contributed by atoms with E-state index in [1.807, 2.05) is 0 Å². The van der Waals surface area contributed by atoms with Gasteiger partial charge < -0.3 is 0 Å². The van der Waals surface area contributed by atoms with Crippen molar-refractivity contribution in [3.05, 3.63) is 170 Å². The summed E-state index contributed by atoms with van der Waals surface area (Å²) in [6.07, 6.45) is 0. The first-order valence-electron chi connectivity index (χ1n) is 15.3. The first-order chi connectivity index (χ1) is 21.9. The molecular weight excluding hydrogens is 528 g/mol. The molecule has 0 bridgehead atoms. The van der Waals surface area contributed by atoms with Gasteiger partial charge in [0.05, 0.1) is 0 Å². The van der Waals surface area contributed by atoms with Crippen molar-refractivity contribution < 1.29 is 0 Å². The van der Waals surface area contributed by atoms with Gasteiger partial charge in [-0.1, -0.05) is 170 Å². The van der Waals surface area contributed by atoms with E-state index in [0.29, 0.717) is 0 Å². The van der Waals surface area contributed by atoms with Gasteiger partial charge in [0.2, 0.25) is 0 Å². The molecule has 0 heteroatoms. The Hall–Kier alpha value is -5.72. The lowest BCUT2D eigenvalue weighted by molar-refractivity contribution is 1.62. The van der Waals surface area contributed by atoms with Crippen LogP contribution in [0.25, 0.3) is 88.3 Å². The number of fused-ring (bicyclic) bond motifs is 4. The average Bonchev–Trinajstić information content (AvgIpc) is 3.43. The highest BCUT2D eigenvalue weighted by Crippen LogP contribution is 2.59. The number of hydrogen-bond donors (Lipinski definition) is 0. The summed E-state index contributed by atoms with van der Waals surface area (Å²) in [6.45, 7) is 0. The number of benzene rings is 8. The van der Waals surface area contributed by atoms with E-state index in [9.17, 15) is 0 Å². The predicted octanol–water partition coefficient (Wildman–Crippen LogP) is 12.3. The van der Waals surface area contributed by atoms with Gasteiger partial charge in [-0.05, 0) is 88.3 Å². The van der Waals surface area contributed by atoms with E-state index >= 15 is 0 Å². The van der Waals surface area contributed by atoms with Gasteiger partial charge in [-0.2, -0.15) is 0 Å². The van der Waals surface area contributed by atoms with Crippen molar-refractivity contribution in [2.75, 3.05) is 0 Å². The minimum atomic E-state index is 1.24. The third kappa shape index (κ3) is 3.65. The van der Waals surface area contributed by atoms with Crippen LogP contribution in [0.15, 0.2) is 170 Å². The summed E-state index contributed by atoms with van der Waals surface area (Å²) in [7, 11) is 0. The smallest absolute Gasteiger partial charge is 0.000740 e. The molecule has 0 unspecified atom stereocenters. The zero-order chi connectivity index (χ0) is 29.0. The zero-order valence-corrected chi connectivity index (χ0v) is 24.2. The molecule has 0 saturated heterocycles. The summed E-state index contributed by atoms with van der Waals surface area (Å²) in [5, 5.41) is 5.23. The van der Waals surface area contributed by atoms with Crippen LogP contribution in [0.5, 0.6) is 0 Å². The van der Waals surface area contributed by atoms with Crippen LogP contribution in [0.4, 0.5) is 0 Å². The van der Waals surface area contributed by atoms with Crippen LogP contribution in [0.2, 0.25) is 0 Å². The lowest BCUT2D eigenvalue weighted by Gasteiger charge is -2.20. The van der Waals surface area contributed by atoms with Crippen molar-refractivity contribution in [1.29, 1.82) is 0 Å². The molecule has 0 aromatic heterocycles. The van der Waals surface area contributed by atoms with Gasteiger partial charge >= 0.3 is 0 Å². The standard InChI is InChI=1S/C44H28/c1-5-15-29(16-6-1)33-25-27-37-42-38(28-26-34(41(33)42)30-17-7-2-8-18-30)44-40(32-21-11-4-12-22-32)36-24-14-13-23-35(36)39(43(37)44)31-19-9-3-10-20-31/h1-28H. The molecule has 0 spiro atoms. The Bertz CT molecular complexity index is 2170. The molecule has 0 saturated carbocycles. The van der Waals surface area contributed by atoms with E-state index in [-0.39, 0.29) is 0 Å². The fraction of sp³-hybridized carbons (Fsp3) is 0. The summed E-state index contributed by atoms with van der Waals surface area (Å²) in [5.41, 5.74) is 15.4. The minimum absolute atomic E-state index is 1.24. The molecule has 1 aliphatic rings. The predicted molar refractivity (Wildman–Crippen MR) is 188 cm³/mol. The van der Waals surface area contributed by atoms with Gasteiger partial charge in [0.25, 0.3) is 0 Å².